The number of carbonyl (C=O) groups is 2. The van der Waals surface area contributed by atoms with Gasteiger partial charge in [-0.15, -0.1) is 0 Å². The molecule has 150 valence electrons. The van der Waals surface area contributed by atoms with Crippen molar-refractivity contribution in [1.29, 1.82) is 0 Å². The molecule has 0 spiro atoms. The number of benzene rings is 2. The van der Waals surface area contributed by atoms with E-state index in [9.17, 15) is 14.0 Å². The van der Waals surface area contributed by atoms with Gasteiger partial charge < -0.3 is 14.8 Å². The monoisotopic (exact) mass is 478 g/mol. The highest BCUT2D eigenvalue weighted by Crippen LogP contribution is 2.38. The Morgan fingerprint density at radius 3 is 2.69 bits per heavy atom. The number of amidine groups is 1. The van der Waals surface area contributed by atoms with Crippen molar-refractivity contribution < 1.29 is 23.5 Å². The fourth-order valence-corrected chi connectivity index (χ4v) is 3.90. The quantitative estimate of drug-likeness (QED) is 0.648. The molecule has 0 aromatic heterocycles. The van der Waals surface area contributed by atoms with Gasteiger partial charge in [-0.05, 0) is 69.2 Å². The number of rotatable bonds is 5. The van der Waals surface area contributed by atoms with Crippen LogP contribution in [0, 0.1) is 5.82 Å². The zero-order valence-electron chi connectivity index (χ0n) is 15.5. The summed E-state index contributed by atoms with van der Waals surface area (Å²) in [4.78, 5) is 27.3. The summed E-state index contributed by atoms with van der Waals surface area (Å²) >= 11 is 4.55. The molecule has 1 aliphatic rings. The van der Waals surface area contributed by atoms with E-state index in [4.69, 9.17) is 9.47 Å². The number of nitrogens with one attached hydrogen (secondary N) is 1. The minimum atomic E-state index is -0.425. The number of aliphatic imine (C=N–C) groups is 1. The molecule has 2 aromatic rings. The highest BCUT2D eigenvalue weighted by molar-refractivity contribution is 9.10. The highest BCUT2D eigenvalue weighted by Gasteiger charge is 2.23. The Labute approximate surface area is 179 Å². The van der Waals surface area contributed by atoms with E-state index in [0.717, 1.165) is 17.3 Å². The lowest BCUT2D eigenvalue weighted by molar-refractivity contribution is -0.117. The molecule has 0 saturated heterocycles. The molecule has 9 heteroatoms. The number of carbonyl (C=O) groups excluding carboxylic acids is 2. The molecule has 0 unspecified atom stereocenters. The Morgan fingerprint density at radius 1 is 1.31 bits per heavy atom. The first-order chi connectivity index (χ1) is 13.9. The largest absolute Gasteiger partial charge is 0.493 e. The summed E-state index contributed by atoms with van der Waals surface area (Å²) in [6.07, 6.45) is 1.66. The van der Waals surface area contributed by atoms with Gasteiger partial charge in [0, 0.05) is 6.92 Å². The molecule has 0 fully saturated rings. The van der Waals surface area contributed by atoms with Gasteiger partial charge in [0.25, 0.3) is 5.91 Å². The number of nitrogens with zero attached hydrogens (tertiary/aromatic N) is 1. The van der Waals surface area contributed by atoms with Crippen LogP contribution in [0.2, 0.25) is 0 Å². The summed E-state index contributed by atoms with van der Waals surface area (Å²) in [7, 11) is 1.51. The number of methoxy groups -OCH3 is 1. The Morgan fingerprint density at radius 2 is 2.03 bits per heavy atom. The third kappa shape index (κ3) is 5.45. The fraction of sp³-hybridized carbons (Fsp3) is 0.150. The van der Waals surface area contributed by atoms with E-state index >= 15 is 0 Å². The van der Waals surface area contributed by atoms with Crippen molar-refractivity contribution in [2.75, 3.05) is 7.11 Å². The lowest BCUT2D eigenvalue weighted by Crippen LogP contribution is -2.23. The van der Waals surface area contributed by atoms with Crippen LogP contribution in [0.3, 0.4) is 0 Å². The number of halogens is 2. The van der Waals surface area contributed by atoms with E-state index < -0.39 is 5.91 Å². The van der Waals surface area contributed by atoms with Crippen molar-refractivity contribution >= 4 is 50.7 Å². The van der Waals surface area contributed by atoms with Gasteiger partial charge >= 0.3 is 0 Å². The van der Waals surface area contributed by atoms with Crippen LogP contribution in [0.5, 0.6) is 11.5 Å². The van der Waals surface area contributed by atoms with Crippen molar-refractivity contribution in [3.05, 3.63) is 62.7 Å². The van der Waals surface area contributed by atoms with Crippen LogP contribution in [0.15, 0.2) is 50.8 Å². The van der Waals surface area contributed by atoms with Gasteiger partial charge in [0.2, 0.25) is 5.91 Å². The average molecular weight is 479 g/mol. The summed E-state index contributed by atoms with van der Waals surface area (Å²) in [6, 6.07) is 9.53. The minimum absolute atomic E-state index is 0.234. The number of hydrogen-bond donors (Lipinski definition) is 1. The Kier molecular flexibility index (Phi) is 6.71. The summed E-state index contributed by atoms with van der Waals surface area (Å²) in [6.45, 7) is 1.58. The maximum atomic E-state index is 13.0. The molecule has 0 aliphatic carbocycles. The van der Waals surface area contributed by atoms with Gasteiger partial charge in [0.15, 0.2) is 16.7 Å². The van der Waals surface area contributed by atoms with E-state index in [1.807, 2.05) is 0 Å². The van der Waals surface area contributed by atoms with E-state index in [1.54, 1.807) is 30.3 Å². The van der Waals surface area contributed by atoms with Gasteiger partial charge in [0.05, 0.1) is 16.5 Å². The first-order valence-electron chi connectivity index (χ1n) is 8.40. The van der Waals surface area contributed by atoms with Crippen molar-refractivity contribution in [1.82, 2.24) is 5.32 Å². The Hall–Kier alpha value is -2.65. The molecule has 0 saturated carbocycles. The molecule has 2 amide bonds. The van der Waals surface area contributed by atoms with Crippen LogP contribution >= 0.6 is 27.7 Å². The summed E-state index contributed by atoms with van der Waals surface area (Å²) in [5.74, 6) is -0.0796. The maximum absolute atomic E-state index is 13.0. The van der Waals surface area contributed by atoms with Gasteiger partial charge in [-0.2, -0.15) is 4.99 Å². The lowest BCUT2D eigenvalue weighted by Gasteiger charge is -2.14. The minimum Gasteiger partial charge on any atom is -0.493 e. The Balaban J connectivity index is 1.79. The topological polar surface area (TPSA) is 77.0 Å². The van der Waals surface area contributed by atoms with Gasteiger partial charge in [0.1, 0.15) is 12.4 Å². The molecule has 0 bridgehead atoms. The van der Waals surface area contributed by atoms with E-state index in [-0.39, 0.29) is 23.5 Å². The van der Waals surface area contributed by atoms with Crippen molar-refractivity contribution in [3.63, 3.8) is 0 Å². The molecule has 6 nitrogen and oxygen atoms in total. The molecule has 29 heavy (non-hydrogen) atoms. The maximum Gasteiger partial charge on any atom is 0.286 e. The predicted octanol–water partition coefficient (Wildman–Crippen LogP) is 4.28. The third-order valence-corrected chi connectivity index (χ3v) is 5.24. The van der Waals surface area contributed by atoms with Crippen LogP contribution in [0.25, 0.3) is 6.08 Å². The van der Waals surface area contributed by atoms with E-state index in [2.05, 4.69) is 26.2 Å². The van der Waals surface area contributed by atoms with Crippen LogP contribution < -0.4 is 14.8 Å². The van der Waals surface area contributed by atoms with Gasteiger partial charge in [-0.3, -0.25) is 9.59 Å². The number of hydrogen-bond acceptors (Lipinski definition) is 5. The highest BCUT2D eigenvalue weighted by atomic mass is 79.9. The fourth-order valence-electron chi connectivity index (χ4n) is 2.46. The van der Waals surface area contributed by atoms with Crippen LogP contribution in [0.1, 0.15) is 18.1 Å². The summed E-state index contributed by atoms with van der Waals surface area (Å²) in [5.41, 5.74) is 1.50. The average Bonchev–Trinajstić information content (AvgIpc) is 2.99. The second kappa shape index (κ2) is 9.23. The second-order valence-electron chi connectivity index (χ2n) is 5.96. The molecular formula is C20H16BrFN2O4S. The smallest absolute Gasteiger partial charge is 0.286 e. The molecule has 1 N–H and O–H groups in total. The van der Waals surface area contributed by atoms with Crippen LogP contribution in [-0.2, 0) is 16.2 Å². The van der Waals surface area contributed by atoms with Crippen molar-refractivity contribution in [2.45, 2.75) is 13.5 Å². The van der Waals surface area contributed by atoms with Gasteiger partial charge in [-0.25, -0.2) is 4.39 Å². The lowest BCUT2D eigenvalue weighted by atomic mass is 10.2. The SMILES string of the molecule is COc1cc(C=C2SC(NC(C)=O)=NC2=O)cc(Br)c1OCc1ccc(F)cc1. The van der Waals surface area contributed by atoms with Crippen LogP contribution in [-0.4, -0.2) is 24.1 Å². The van der Waals surface area contributed by atoms with Crippen LogP contribution in [0.4, 0.5) is 4.39 Å². The first-order valence-corrected chi connectivity index (χ1v) is 10.0. The number of thioether (sulfide) groups is 1. The van der Waals surface area contributed by atoms with E-state index in [0.29, 0.717) is 26.4 Å². The molecular weight excluding hydrogens is 463 g/mol. The summed E-state index contributed by atoms with van der Waals surface area (Å²) in [5, 5.41) is 2.75. The zero-order chi connectivity index (χ0) is 21.0. The van der Waals surface area contributed by atoms with Gasteiger partial charge in [-0.1, -0.05) is 12.1 Å². The number of amides is 2. The summed E-state index contributed by atoms with van der Waals surface area (Å²) < 4.78 is 24.9. The molecule has 3 rings (SSSR count). The van der Waals surface area contributed by atoms with Crippen molar-refractivity contribution in [2.24, 2.45) is 4.99 Å². The molecule has 0 atom stereocenters. The zero-order valence-corrected chi connectivity index (χ0v) is 17.9. The Bertz CT molecular complexity index is 1020. The molecule has 1 heterocycles. The molecule has 2 aromatic carbocycles. The third-order valence-electron chi connectivity index (χ3n) is 3.75. The van der Waals surface area contributed by atoms with E-state index in [1.165, 1.54) is 26.2 Å². The molecule has 0 radical (unpaired) electrons. The number of ether oxygens (including phenoxy) is 2. The first kappa shape index (κ1) is 21.1. The standard InChI is InChI=1S/C20H16BrFN2O4S/c1-11(25)23-20-24-19(26)17(29-20)9-13-7-15(21)18(16(8-13)27-2)28-10-12-3-5-14(22)6-4-12/h3-9H,10H2,1-2H3,(H,23,24,25,26). The normalized spacial score (nSPS) is 14.7. The molecule has 1 aliphatic heterocycles. The van der Waals surface area contributed by atoms with Crippen molar-refractivity contribution in [3.8, 4) is 11.5 Å². The predicted molar refractivity (Wildman–Crippen MR) is 113 cm³/mol. The second-order valence-corrected chi connectivity index (χ2v) is 7.85.